The van der Waals surface area contributed by atoms with Crippen LogP contribution in [0.2, 0.25) is 0 Å². The zero-order chi connectivity index (χ0) is 23.5. The number of ether oxygens (including phenoxy) is 2. The lowest BCUT2D eigenvalue weighted by Gasteiger charge is -2.42. The van der Waals surface area contributed by atoms with Gasteiger partial charge in [0.05, 0.1) is 18.8 Å². The second-order valence-electron chi connectivity index (χ2n) is 5.21. The highest BCUT2D eigenvalue weighted by atomic mass is 19.4. The molecule has 0 aromatic carbocycles. The topological polar surface area (TPSA) is 18.5 Å². The molecule has 1 aliphatic heterocycles. The van der Waals surface area contributed by atoms with Crippen LogP contribution >= 0.6 is 0 Å². The first kappa shape index (κ1) is 25.6. The molecule has 1 heterocycles. The average molecular weight is 472 g/mol. The highest BCUT2D eigenvalue weighted by Gasteiger charge is 2.84. The molecular formula is C11H4F16O2. The zero-order valence-corrected chi connectivity index (χ0v) is 12.8. The second-order valence-corrected chi connectivity index (χ2v) is 5.21. The van der Waals surface area contributed by atoms with Crippen molar-refractivity contribution in [1.29, 1.82) is 0 Å². The third-order valence-electron chi connectivity index (χ3n) is 3.36. The first-order valence-corrected chi connectivity index (χ1v) is 6.51. The SMILES string of the molecule is FC(F)(F)C(=C1C(C(F)(F)F)(C(F)(F)F)OCCO[C@@]1(F)C(F)(F)F)C(F)(F)F. The molecular weight excluding hydrogens is 468 g/mol. The van der Waals surface area contributed by atoms with Crippen LogP contribution in [0.4, 0.5) is 70.2 Å². The molecule has 0 aromatic heterocycles. The van der Waals surface area contributed by atoms with Crippen molar-refractivity contribution < 1.29 is 79.7 Å². The molecule has 0 radical (unpaired) electrons. The summed E-state index contributed by atoms with van der Waals surface area (Å²) in [5, 5.41) is 0. The number of hydrogen-bond acceptors (Lipinski definition) is 2. The Morgan fingerprint density at radius 2 is 0.931 bits per heavy atom. The van der Waals surface area contributed by atoms with Gasteiger partial charge in [-0.25, -0.2) is 0 Å². The highest BCUT2D eigenvalue weighted by molar-refractivity contribution is 5.41. The Morgan fingerprint density at radius 1 is 0.586 bits per heavy atom. The van der Waals surface area contributed by atoms with Crippen LogP contribution in [0.15, 0.2) is 11.1 Å². The van der Waals surface area contributed by atoms with Crippen molar-refractivity contribution in [2.75, 3.05) is 13.2 Å². The number of rotatable bonds is 0. The van der Waals surface area contributed by atoms with Crippen molar-refractivity contribution in [1.82, 2.24) is 0 Å². The largest absolute Gasteiger partial charge is 0.453 e. The van der Waals surface area contributed by atoms with Crippen LogP contribution in [0, 0.1) is 0 Å². The van der Waals surface area contributed by atoms with E-state index in [2.05, 4.69) is 9.47 Å². The van der Waals surface area contributed by atoms with E-state index in [0.29, 0.717) is 0 Å². The molecule has 1 atom stereocenters. The standard InChI is InChI=1S/C11H4F16O2/c12-6(11(25,26)27)3(4(7(13,14)15)8(16,17)18)5(9(19,20)21,10(22,23)24)28-1-2-29-6/h1-2H2/t6-/m1/s1. The number of hydrogen-bond donors (Lipinski definition) is 0. The minimum atomic E-state index is -7.47. The molecule has 0 saturated carbocycles. The number of halogens is 16. The Kier molecular flexibility index (Phi) is 5.98. The molecule has 18 heteroatoms. The summed E-state index contributed by atoms with van der Waals surface area (Å²) in [7, 11) is 0. The van der Waals surface area contributed by atoms with E-state index in [0.717, 1.165) is 0 Å². The lowest BCUT2D eigenvalue weighted by Crippen LogP contribution is -2.66. The molecule has 0 N–H and O–H groups in total. The van der Waals surface area contributed by atoms with Crippen molar-refractivity contribution in [3.63, 3.8) is 0 Å². The fraction of sp³-hybridized carbons (Fsp3) is 0.818. The van der Waals surface area contributed by atoms with Crippen molar-refractivity contribution in [2.24, 2.45) is 0 Å². The molecule has 0 bridgehead atoms. The summed E-state index contributed by atoms with van der Waals surface area (Å²) < 4.78 is 215. The minimum absolute atomic E-state index is 2.21. The molecule has 0 aromatic rings. The van der Waals surface area contributed by atoms with Gasteiger partial charge in [-0.1, -0.05) is 0 Å². The fourth-order valence-corrected chi connectivity index (χ4v) is 2.36. The summed E-state index contributed by atoms with van der Waals surface area (Å²) in [5.74, 6) is -6.82. The fourth-order valence-electron chi connectivity index (χ4n) is 2.36. The second kappa shape index (κ2) is 6.78. The van der Waals surface area contributed by atoms with Crippen LogP contribution in [0.1, 0.15) is 0 Å². The van der Waals surface area contributed by atoms with Gasteiger partial charge in [-0.3, -0.25) is 0 Å². The van der Waals surface area contributed by atoms with Gasteiger partial charge in [0.1, 0.15) is 5.57 Å². The molecule has 0 amide bonds. The van der Waals surface area contributed by atoms with Crippen molar-refractivity contribution >= 4 is 0 Å². The van der Waals surface area contributed by atoms with Crippen molar-refractivity contribution in [3.8, 4) is 0 Å². The average Bonchev–Trinajstić information content (AvgIpc) is 2.53. The van der Waals surface area contributed by atoms with E-state index in [9.17, 15) is 70.2 Å². The Labute approximate surface area is 148 Å². The van der Waals surface area contributed by atoms with Crippen molar-refractivity contribution in [3.05, 3.63) is 11.1 Å². The van der Waals surface area contributed by atoms with E-state index < -0.39 is 66.7 Å². The van der Waals surface area contributed by atoms with Crippen LogP contribution < -0.4 is 0 Å². The first-order valence-electron chi connectivity index (χ1n) is 6.51. The molecule has 0 unspecified atom stereocenters. The molecule has 172 valence electrons. The van der Waals surface area contributed by atoms with Gasteiger partial charge in [0.2, 0.25) is 0 Å². The van der Waals surface area contributed by atoms with Crippen LogP contribution in [0.25, 0.3) is 0 Å². The quantitative estimate of drug-likeness (QED) is 0.341. The van der Waals surface area contributed by atoms with Gasteiger partial charge in [-0.2, -0.15) is 70.2 Å². The van der Waals surface area contributed by atoms with Crippen molar-refractivity contribution in [2.45, 2.75) is 42.3 Å². The summed E-state index contributed by atoms with van der Waals surface area (Å²) >= 11 is 0. The lowest BCUT2D eigenvalue weighted by molar-refractivity contribution is -0.377. The molecule has 0 spiro atoms. The van der Waals surface area contributed by atoms with E-state index >= 15 is 0 Å². The van der Waals surface area contributed by atoms with E-state index in [1.54, 1.807) is 0 Å². The number of alkyl halides is 16. The highest BCUT2D eigenvalue weighted by Crippen LogP contribution is 2.61. The van der Waals surface area contributed by atoms with E-state index in [1.165, 1.54) is 0 Å². The molecule has 1 fully saturated rings. The van der Waals surface area contributed by atoms with Gasteiger partial charge in [0.15, 0.2) is 0 Å². The summed E-state index contributed by atoms with van der Waals surface area (Å²) in [5.41, 5.74) is -17.0. The third kappa shape index (κ3) is 4.09. The first-order chi connectivity index (χ1) is 12.4. The minimum Gasteiger partial charge on any atom is -0.352 e. The lowest BCUT2D eigenvalue weighted by atomic mass is 9.81. The van der Waals surface area contributed by atoms with E-state index in [4.69, 9.17) is 0 Å². The Morgan fingerprint density at radius 3 is 1.21 bits per heavy atom. The van der Waals surface area contributed by atoms with Gasteiger partial charge in [-0.05, 0) is 0 Å². The summed E-state index contributed by atoms with van der Waals surface area (Å²) in [6.45, 7) is -4.51. The Hall–Kier alpha value is -1.46. The van der Waals surface area contributed by atoms with Crippen LogP contribution in [-0.2, 0) is 9.47 Å². The maximum atomic E-state index is 14.4. The molecule has 1 aliphatic rings. The van der Waals surface area contributed by atoms with Gasteiger partial charge in [0.25, 0.3) is 5.60 Å². The smallest absolute Gasteiger partial charge is 0.352 e. The normalized spacial score (nSPS) is 25.0. The predicted octanol–water partition coefficient (Wildman–Crippen LogP) is 5.55. The van der Waals surface area contributed by atoms with Gasteiger partial charge < -0.3 is 9.47 Å². The van der Waals surface area contributed by atoms with Gasteiger partial charge >= 0.3 is 36.7 Å². The molecule has 29 heavy (non-hydrogen) atoms. The maximum absolute atomic E-state index is 14.4. The van der Waals surface area contributed by atoms with E-state index in [-0.39, 0.29) is 0 Å². The van der Waals surface area contributed by atoms with E-state index in [1.807, 2.05) is 0 Å². The monoisotopic (exact) mass is 472 g/mol. The number of allylic oxidation sites excluding steroid dienone is 1. The molecule has 1 saturated heterocycles. The summed E-state index contributed by atoms with van der Waals surface area (Å²) in [6, 6.07) is 0. The van der Waals surface area contributed by atoms with Gasteiger partial charge in [-0.15, -0.1) is 0 Å². The Bertz CT molecular complexity index is 614. The summed E-state index contributed by atoms with van der Waals surface area (Å²) in [4.78, 5) is 0. The molecule has 0 aliphatic carbocycles. The maximum Gasteiger partial charge on any atom is 0.453 e. The molecule has 2 nitrogen and oxygen atoms in total. The van der Waals surface area contributed by atoms with Crippen LogP contribution in [0.3, 0.4) is 0 Å². The summed E-state index contributed by atoms with van der Waals surface area (Å²) in [6.07, 6.45) is -37.0. The predicted molar refractivity (Wildman–Crippen MR) is 55.8 cm³/mol. The molecule has 1 rings (SSSR count). The van der Waals surface area contributed by atoms with Gasteiger partial charge in [0, 0.05) is 0 Å². The van der Waals surface area contributed by atoms with Crippen LogP contribution in [-0.4, -0.2) is 55.6 Å². The van der Waals surface area contributed by atoms with Crippen LogP contribution in [0.5, 0.6) is 0 Å². The Balaban J connectivity index is 4.47. The third-order valence-corrected chi connectivity index (χ3v) is 3.36. The zero-order valence-electron chi connectivity index (χ0n) is 12.8.